The van der Waals surface area contributed by atoms with Crippen LogP contribution < -0.4 is 15.9 Å². The van der Waals surface area contributed by atoms with E-state index in [4.69, 9.17) is 0 Å². The number of carbonyl (C=O) groups is 1. The van der Waals surface area contributed by atoms with Gasteiger partial charge in [0.2, 0.25) is 5.91 Å². The maximum Gasteiger partial charge on any atom is 0.349 e. The van der Waals surface area contributed by atoms with Gasteiger partial charge in [0, 0.05) is 16.9 Å². The molecule has 0 bridgehead atoms. The van der Waals surface area contributed by atoms with Gasteiger partial charge in [-0.1, -0.05) is 29.5 Å². The van der Waals surface area contributed by atoms with E-state index in [9.17, 15) is 9.59 Å². The fraction of sp³-hybridized carbons (Fsp3) is 0.450. The Hall–Kier alpha value is -2.12. The monoisotopic (exact) mass is 387 g/mol. The lowest BCUT2D eigenvalue weighted by Gasteiger charge is -2.15. The smallest absolute Gasteiger partial charge is 0.338 e. The molecular formula is C20H27N4O2S+. The Morgan fingerprint density at radius 2 is 2.00 bits per heavy atom. The molecule has 0 radical (unpaired) electrons. The van der Waals surface area contributed by atoms with Gasteiger partial charge in [-0.05, 0) is 38.3 Å². The van der Waals surface area contributed by atoms with Crippen molar-refractivity contribution in [1.82, 2.24) is 9.55 Å². The van der Waals surface area contributed by atoms with Crippen LogP contribution in [0.15, 0.2) is 34.1 Å². The first-order valence-electron chi connectivity index (χ1n) is 9.35. The summed E-state index contributed by atoms with van der Waals surface area (Å²) in [5.74, 6) is 0.163. The van der Waals surface area contributed by atoms with Crippen molar-refractivity contribution in [2.24, 2.45) is 0 Å². The van der Waals surface area contributed by atoms with Crippen molar-refractivity contribution in [1.29, 1.82) is 0 Å². The van der Waals surface area contributed by atoms with E-state index in [1.165, 1.54) is 16.7 Å². The number of nitrogens with one attached hydrogen (secondary N) is 2. The zero-order chi connectivity index (χ0) is 19.4. The van der Waals surface area contributed by atoms with Crippen LogP contribution in [-0.2, 0) is 24.2 Å². The van der Waals surface area contributed by atoms with E-state index in [0.29, 0.717) is 6.54 Å². The fourth-order valence-electron chi connectivity index (χ4n) is 3.24. The molecule has 1 aliphatic carbocycles. The summed E-state index contributed by atoms with van der Waals surface area (Å²) in [5.41, 5.74) is 4.00. The number of anilines is 1. The molecule has 7 heteroatoms. The lowest BCUT2D eigenvalue weighted by Crippen LogP contribution is -3.06. The largest absolute Gasteiger partial charge is 0.349 e. The van der Waals surface area contributed by atoms with Gasteiger partial charge in [0.25, 0.3) is 0 Å². The molecule has 0 fully saturated rings. The van der Waals surface area contributed by atoms with Gasteiger partial charge in [-0.3, -0.25) is 9.36 Å². The predicted octanol–water partition coefficient (Wildman–Crippen LogP) is 0.916. The molecule has 144 valence electrons. The molecule has 1 aromatic heterocycles. The Balaban J connectivity index is 1.69. The number of quaternary nitrogens is 1. The number of aromatic nitrogens is 2. The van der Waals surface area contributed by atoms with E-state index in [0.717, 1.165) is 53.3 Å². The Bertz CT molecular complexity index is 875. The molecule has 1 aromatic carbocycles. The van der Waals surface area contributed by atoms with Crippen LogP contribution in [0.5, 0.6) is 0 Å². The molecule has 0 saturated heterocycles. The summed E-state index contributed by atoms with van der Waals surface area (Å²) >= 11 is 1.36. The normalized spacial score (nSPS) is 13.0. The van der Waals surface area contributed by atoms with Gasteiger partial charge in [-0.15, -0.1) is 0 Å². The number of fused-ring (bicyclic) bond motifs is 1. The standard InChI is InChI=1S/C20H26N4O2S/c1-14-7-9-15(10-8-14)21-18(25)13-27-19-16-5-4-6-17(16)24(20(26)22-19)12-11-23(2)3/h7-10H,4-6,11-13H2,1-3H3,(H,21,25)/p+1. The van der Waals surface area contributed by atoms with Gasteiger partial charge in [0.05, 0.1) is 32.9 Å². The first-order chi connectivity index (χ1) is 12.9. The summed E-state index contributed by atoms with van der Waals surface area (Å²) in [6, 6.07) is 7.71. The maximum atomic E-state index is 12.5. The summed E-state index contributed by atoms with van der Waals surface area (Å²) in [6.45, 7) is 3.59. The molecule has 27 heavy (non-hydrogen) atoms. The van der Waals surface area contributed by atoms with Gasteiger partial charge in [0.1, 0.15) is 5.03 Å². The van der Waals surface area contributed by atoms with Crippen molar-refractivity contribution in [3.05, 3.63) is 51.6 Å². The molecule has 0 aliphatic heterocycles. The van der Waals surface area contributed by atoms with Crippen molar-refractivity contribution in [3.63, 3.8) is 0 Å². The van der Waals surface area contributed by atoms with Crippen LogP contribution in [0.2, 0.25) is 0 Å². The van der Waals surface area contributed by atoms with E-state index in [1.54, 1.807) is 0 Å². The second-order valence-electron chi connectivity index (χ2n) is 7.29. The number of amides is 1. The summed E-state index contributed by atoms with van der Waals surface area (Å²) < 4.78 is 1.83. The Morgan fingerprint density at radius 3 is 2.70 bits per heavy atom. The summed E-state index contributed by atoms with van der Waals surface area (Å²) in [4.78, 5) is 30.4. The van der Waals surface area contributed by atoms with Gasteiger partial charge in [-0.2, -0.15) is 4.98 Å². The van der Waals surface area contributed by atoms with Gasteiger partial charge in [0.15, 0.2) is 0 Å². The minimum absolute atomic E-state index is 0.0854. The molecule has 0 unspecified atom stereocenters. The number of hydrogen-bond donors (Lipinski definition) is 2. The average Bonchev–Trinajstić information content (AvgIpc) is 3.10. The van der Waals surface area contributed by atoms with E-state index in [2.05, 4.69) is 24.4 Å². The van der Waals surface area contributed by atoms with Crippen molar-refractivity contribution >= 4 is 23.4 Å². The minimum Gasteiger partial charge on any atom is -0.338 e. The highest BCUT2D eigenvalue weighted by Crippen LogP contribution is 2.29. The van der Waals surface area contributed by atoms with E-state index in [1.807, 2.05) is 35.8 Å². The average molecular weight is 388 g/mol. The van der Waals surface area contributed by atoms with E-state index < -0.39 is 0 Å². The Labute approximate surface area is 164 Å². The van der Waals surface area contributed by atoms with Crippen LogP contribution in [0.3, 0.4) is 0 Å². The molecule has 0 saturated carbocycles. The predicted molar refractivity (Wildman–Crippen MR) is 109 cm³/mol. The van der Waals surface area contributed by atoms with Crippen LogP contribution in [0, 0.1) is 6.92 Å². The number of likely N-dealkylation sites (N-methyl/N-ethyl adjacent to an activating group) is 1. The summed E-state index contributed by atoms with van der Waals surface area (Å²) in [5, 5.41) is 3.61. The molecule has 3 rings (SSSR count). The number of benzene rings is 1. The molecule has 2 N–H and O–H groups in total. The van der Waals surface area contributed by atoms with Gasteiger partial charge in [-0.25, -0.2) is 4.79 Å². The molecule has 1 aliphatic rings. The third-order valence-electron chi connectivity index (χ3n) is 4.71. The molecule has 0 atom stereocenters. The highest BCUT2D eigenvalue weighted by atomic mass is 32.2. The second kappa shape index (κ2) is 8.71. The topological polar surface area (TPSA) is 68.4 Å². The Morgan fingerprint density at radius 1 is 1.26 bits per heavy atom. The number of thioether (sulfide) groups is 1. The molecule has 6 nitrogen and oxygen atoms in total. The van der Waals surface area contributed by atoms with Crippen molar-refractivity contribution in [3.8, 4) is 0 Å². The zero-order valence-electron chi connectivity index (χ0n) is 16.2. The number of hydrogen-bond acceptors (Lipinski definition) is 4. The molecule has 0 spiro atoms. The molecular weight excluding hydrogens is 360 g/mol. The highest BCUT2D eigenvalue weighted by molar-refractivity contribution is 8.00. The number of carbonyl (C=O) groups excluding carboxylic acids is 1. The SMILES string of the molecule is Cc1ccc(NC(=O)CSc2nc(=O)n(CC[NH+](C)C)c3c2CCC3)cc1. The lowest BCUT2D eigenvalue weighted by molar-refractivity contribution is -0.859. The van der Waals surface area contributed by atoms with Gasteiger partial charge >= 0.3 is 5.69 Å². The van der Waals surface area contributed by atoms with Crippen molar-refractivity contribution in [2.45, 2.75) is 37.8 Å². The van der Waals surface area contributed by atoms with E-state index >= 15 is 0 Å². The van der Waals surface area contributed by atoms with Crippen LogP contribution in [0.1, 0.15) is 23.2 Å². The third kappa shape index (κ3) is 4.99. The fourth-order valence-corrected chi connectivity index (χ4v) is 4.12. The van der Waals surface area contributed by atoms with Crippen molar-refractivity contribution < 1.29 is 9.69 Å². The number of aryl methyl sites for hydroxylation is 1. The van der Waals surface area contributed by atoms with Crippen LogP contribution in [0.25, 0.3) is 0 Å². The minimum atomic E-state index is -0.196. The second-order valence-corrected chi connectivity index (χ2v) is 8.25. The number of rotatable bonds is 7. The number of nitrogens with zero attached hydrogens (tertiary/aromatic N) is 2. The van der Waals surface area contributed by atoms with Crippen LogP contribution >= 0.6 is 11.8 Å². The molecule has 2 aromatic rings. The quantitative estimate of drug-likeness (QED) is 0.548. The van der Waals surface area contributed by atoms with Crippen LogP contribution in [-0.4, -0.2) is 41.9 Å². The molecule has 1 heterocycles. The Kier molecular flexibility index (Phi) is 6.34. The molecule has 1 amide bonds. The highest BCUT2D eigenvalue weighted by Gasteiger charge is 2.22. The zero-order valence-corrected chi connectivity index (χ0v) is 17.0. The van der Waals surface area contributed by atoms with Crippen LogP contribution in [0.4, 0.5) is 5.69 Å². The van der Waals surface area contributed by atoms with Gasteiger partial charge < -0.3 is 10.2 Å². The first-order valence-corrected chi connectivity index (χ1v) is 10.3. The third-order valence-corrected chi connectivity index (χ3v) is 5.73. The lowest BCUT2D eigenvalue weighted by atomic mass is 10.2. The van der Waals surface area contributed by atoms with Crippen molar-refractivity contribution in [2.75, 3.05) is 31.7 Å². The maximum absolute atomic E-state index is 12.5. The first kappa shape index (κ1) is 19.6. The van der Waals surface area contributed by atoms with E-state index in [-0.39, 0.29) is 17.3 Å². The summed E-state index contributed by atoms with van der Waals surface area (Å²) in [7, 11) is 4.16. The summed E-state index contributed by atoms with van der Waals surface area (Å²) in [6.07, 6.45) is 2.89.